The summed E-state index contributed by atoms with van der Waals surface area (Å²) in [7, 11) is 0. The van der Waals surface area contributed by atoms with E-state index < -0.39 is 0 Å². The van der Waals surface area contributed by atoms with Crippen molar-refractivity contribution in [3.63, 3.8) is 0 Å². The van der Waals surface area contributed by atoms with Crippen LogP contribution in [0, 0.1) is 0 Å². The summed E-state index contributed by atoms with van der Waals surface area (Å²) in [5, 5.41) is 0. The van der Waals surface area contributed by atoms with Gasteiger partial charge in [0.2, 0.25) is 0 Å². The van der Waals surface area contributed by atoms with Crippen LogP contribution in [0.4, 0.5) is 11.4 Å². The molecule has 0 unspecified atom stereocenters. The molecule has 0 heterocycles. The van der Waals surface area contributed by atoms with Crippen LogP contribution in [0.1, 0.15) is 22.3 Å². The van der Waals surface area contributed by atoms with Crippen LogP contribution in [0.15, 0.2) is 109 Å². The molecule has 0 aliphatic heterocycles. The van der Waals surface area contributed by atoms with E-state index >= 15 is 0 Å². The lowest BCUT2D eigenvalue weighted by Crippen LogP contribution is -2.02. The fraction of sp³-hybridized carbons (Fsp3) is 0. The number of carbonyl (C=O) groups excluding carboxylic acids is 1. The van der Waals surface area contributed by atoms with E-state index in [9.17, 15) is 4.79 Å². The number of carbonyl (C=O) groups is 1. The molecule has 0 radical (unpaired) electrons. The predicted octanol–water partition coefficient (Wildman–Crippen LogP) is 5.96. The topological polar surface area (TPSA) is 69.1 Å². The molecular formula is C29H22N2O. The van der Waals surface area contributed by atoms with E-state index in [1.807, 2.05) is 84.9 Å². The smallest absolute Gasteiger partial charge is 0.195 e. The van der Waals surface area contributed by atoms with Crippen molar-refractivity contribution in [1.82, 2.24) is 0 Å². The lowest BCUT2D eigenvalue weighted by Gasteiger charge is -2.13. The Balaban J connectivity index is 1.86. The maximum Gasteiger partial charge on any atom is 0.195 e. The summed E-state index contributed by atoms with van der Waals surface area (Å²) in [5.41, 5.74) is 20.1. The summed E-state index contributed by atoms with van der Waals surface area (Å²) in [6, 6.07) is 35.2. The van der Waals surface area contributed by atoms with Gasteiger partial charge in [-0.15, -0.1) is 0 Å². The highest BCUT2D eigenvalue weighted by Gasteiger charge is 2.35. The molecule has 0 saturated carbocycles. The molecule has 1 aliphatic rings. The van der Waals surface area contributed by atoms with Crippen molar-refractivity contribution in [2.24, 2.45) is 0 Å². The first-order chi connectivity index (χ1) is 15.6. The van der Waals surface area contributed by atoms with Gasteiger partial charge in [0.25, 0.3) is 0 Å². The van der Waals surface area contributed by atoms with Gasteiger partial charge >= 0.3 is 0 Å². The zero-order valence-electron chi connectivity index (χ0n) is 17.5. The fourth-order valence-corrected chi connectivity index (χ4v) is 4.24. The van der Waals surface area contributed by atoms with Crippen LogP contribution in [0.3, 0.4) is 0 Å². The summed E-state index contributed by atoms with van der Waals surface area (Å²) < 4.78 is 0. The van der Waals surface area contributed by atoms with Gasteiger partial charge in [0.15, 0.2) is 5.78 Å². The Labute approximate surface area is 187 Å². The second kappa shape index (κ2) is 8.05. The molecule has 4 N–H and O–H groups in total. The van der Waals surface area contributed by atoms with Crippen LogP contribution < -0.4 is 11.5 Å². The number of ketones is 1. The highest BCUT2D eigenvalue weighted by Crippen LogP contribution is 2.49. The van der Waals surface area contributed by atoms with Crippen molar-refractivity contribution in [3.8, 4) is 0 Å². The molecule has 0 aromatic heterocycles. The molecule has 0 amide bonds. The summed E-state index contributed by atoms with van der Waals surface area (Å²) in [6.45, 7) is 0. The van der Waals surface area contributed by atoms with Gasteiger partial charge in [0.1, 0.15) is 0 Å². The normalized spacial score (nSPS) is 13.7. The van der Waals surface area contributed by atoms with Gasteiger partial charge in [-0.2, -0.15) is 0 Å². The van der Waals surface area contributed by atoms with Crippen LogP contribution in [0.2, 0.25) is 0 Å². The Kier molecular flexibility index (Phi) is 4.92. The second-order valence-corrected chi connectivity index (χ2v) is 7.81. The third-order valence-corrected chi connectivity index (χ3v) is 5.73. The zero-order chi connectivity index (χ0) is 22.1. The summed E-state index contributed by atoms with van der Waals surface area (Å²) in [5.74, 6) is -0.00255. The first-order valence-electron chi connectivity index (χ1n) is 10.5. The molecule has 3 nitrogen and oxygen atoms in total. The van der Waals surface area contributed by atoms with E-state index in [2.05, 4.69) is 24.3 Å². The van der Waals surface area contributed by atoms with Gasteiger partial charge in [-0.3, -0.25) is 4.79 Å². The predicted molar refractivity (Wildman–Crippen MR) is 133 cm³/mol. The molecular weight excluding hydrogens is 392 g/mol. The Bertz CT molecular complexity index is 1240. The molecule has 0 bridgehead atoms. The number of anilines is 2. The van der Waals surface area contributed by atoms with Gasteiger partial charge in [0.05, 0.1) is 0 Å². The van der Waals surface area contributed by atoms with Crippen molar-refractivity contribution in [1.29, 1.82) is 0 Å². The molecule has 154 valence electrons. The van der Waals surface area contributed by atoms with Crippen molar-refractivity contribution in [2.45, 2.75) is 0 Å². The van der Waals surface area contributed by atoms with E-state index in [1.54, 1.807) is 0 Å². The van der Waals surface area contributed by atoms with Gasteiger partial charge in [-0.1, -0.05) is 84.9 Å². The van der Waals surface area contributed by atoms with Gasteiger partial charge in [0, 0.05) is 33.7 Å². The highest BCUT2D eigenvalue weighted by molar-refractivity contribution is 6.59. The molecule has 4 aromatic carbocycles. The number of Topliss-reactive ketones (excluding diaryl/α,β-unsaturated/α-hetero) is 1. The minimum atomic E-state index is -0.00255. The van der Waals surface area contributed by atoms with Crippen molar-refractivity contribution < 1.29 is 4.79 Å². The molecule has 1 aliphatic carbocycles. The molecule has 4 aromatic rings. The van der Waals surface area contributed by atoms with Crippen molar-refractivity contribution >= 4 is 39.5 Å². The molecule has 32 heavy (non-hydrogen) atoms. The molecule has 0 atom stereocenters. The Morgan fingerprint density at radius 2 is 0.688 bits per heavy atom. The number of hydrogen-bond donors (Lipinski definition) is 2. The summed E-state index contributed by atoms with van der Waals surface area (Å²) >= 11 is 0. The minimum Gasteiger partial charge on any atom is -0.399 e. The van der Waals surface area contributed by atoms with Crippen LogP contribution >= 0.6 is 0 Å². The van der Waals surface area contributed by atoms with Gasteiger partial charge in [-0.25, -0.2) is 0 Å². The largest absolute Gasteiger partial charge is 0.399 e. The lowest BCUT2D eigenvalue weighted by atomic mass is 9.89. The van der Waals surface area contributed by atoms with E-state index in [1.165, 1.54) is 0 Å². The number of benzene rings is 4. The van der Waals surface area contributed by atoms with Crippen LogP contribution in [0.5, 0.6) is 0 Å². The van der Waals surface area contributed by atoms with Gasteiger partial charge in [-0.05, 0) is 46.5 Å². The molecule has 0 saturated heterocycles. The fourth-order valence-electron chi connectivity index (χ4n) is 4.24. The Morgan fingerprint density at radius 3 is 1.03 bits per heavy atom. The average Bonchev–Trinajstić information content (AvgIpc) is 3.14. The standard InChI is InChI=1S/C29H22N2O/c30-23-15-11-21(12-16-23)27-25(19-7-3-1-4-8-19)26(20-9-5-2-6-10-20)28(29(27)32)22-13-17-24(31)18-14-22/h1-18H,30-31H2. The first kappa shape index (κ1) is 19.6. The van der Waals surface area contributed by atoms with Crippen LogP contribution in [-0.4, -0.2) is 5.78 Å². The van der Waals surface area contributed by atoms with Crippen molar-refractivity contribution in [2.75, 3.05) is 11.5 Å². The second-order valence-electron chi connectivity index (χ2n) is 7.81. The maximum atomic E-state index is 14.1. The summed E-state index contributed by atoms with van der Waals surface area (Å²) in [4.78, 5) is 14.1. The van der Waals surface area contributed by atoms with E-state index in [0.717, 1.165) is 33.4 Å². The number of nitrogen functional groups attached to an aromatic ring is 2. The van der Waals surface area contributed by atoms with Gasteiger partial charge < -0.3 is 11.5 Å². The highest BCUT2D eigenvalue weighted by atomic mass is 16.1. The summed E-state index contributed by atoms with van der Waals surface area (Å²) in [6.07, 6.45) is 0. The molecule has 3 heteroatoms. The maximum absolute atomic E-state index is 14.1. The molecule has 0 spiro atoms. The third kappa shape index (κ3) is 3.40. The quantitative estimate of drug-likeness (QED) is 0.405. The average molecular weight is 415 g/mol. The zero-order valence-corrected chi connectivity index (χ0v) is 17.5. The minimum absolute atomic E-state index is 0.00255. The van der Waals surface area contributed by atoms with Crippen LogP contribution in [-0.2, 0) is 4.79 Å². The molecule has 0 fully saturated rings. The van der Waals surface area contributed by atoms with E-state index in [0.29, 0.717) is 22.5 Å². The van der Waals surface area contributed by atoms with Crippen molar-refractivity contribution in [3.05, 3.63) is 131 Å². The number of nitrogens with two attached hydrogens (primary N) is 2. The monoisotopic (exact) mass is 414 g/mol. The number of hydrogen-bond acceptors (Lipinski definition) is 3. The Hall–Kier alpha value is -4.37. The number of rotatable bonds is 4. The third-order valence-electron chi connectivity index (χ3n) is 5.73. The first-order valence-corrected chi connectivity index (χ1v) is 10.5. The Morgan fingerprint density at radius 1 is 0.375 bits per heavy atom. The van der Waals surface area contributed by atoms with E-state index in [4.69, 9.17) is 11.5 Å². The number of allylic oxidation sites excluding steroid dienone is 4. The SMILES string of the molecule is Nc1ccc(C2=C(c3ccccc3)C(c3ccccc3)=C(c3ccc(N)cc3)C2=O)cc1. The van der Waals surface area contributed by atoms with Crippen LogP contribution in [0.25, 0.3) is 22.3 Å². The van der Waals surface area contributed by atoms with E-state index in [-0.39, 0.29) is 5.78 Å². The molecule has 5 rings (SSSR count). The lowest BCUT2D eigenvalue weighted by molar-refractivity contribution is -0.108.